The van der Waals surface area contributed by atoms with Crippen molar-refractivity contribution in [3.8, 4) is 0 Å². The van der Waals surface area contributed by atoms with Crippen LogP contribution in [0.25, 0.3) is 0 Å². The van der Waals surface area contributed by atoms with Gasteiger partial charge >= 0.3 is 5.97 Å². The molecule has 0 radical (unpaired) electrons. The fourth-order valence-corrected chi connectivity index (χ4v) is 1.88. The second-order valence-electron chi connectivity index (χ2n) is 4.45. The van der Waals surface area contributed by atoms with Crippen LogP contribution in [0.5, 0.6) is 0 Å². The maximum Gasteiger partial charge on any atom is 0.406 e. The highest BCUT2D eigenvalue weighted by Crippen LogP contribution is 2.23. The minimum Gasteiger partial charge on any atom is -0.478 e. The average molecular weight is 307 g/mol. The fourth-order valence-electron chi connectivity index (χ4n) is 1.88. The summed E-state index contributed by atoms with van der Waals surface area (Å²) in [6.07, 6.45) is -5.40. The predicted molar refractivity (Wildman–Crippen MR) is 64.4 cm³/mol. The maximum atomic E-state index is 11.2. The summed E-state index contributed by atoms with van der Waals surface area (Å²) in [5.74, 6) is -2.49. The lowest BCUT2D eigenvalue weighted by molar-refractivity contribution is -0.235. The lowest BCUT2D eigenvalue weighted by Gasteiger charge is -2.38. The number of ether oxygens (including phenoxy) is 1. The summed E-state index contributed by atoms with van der Waals surface area (Å²) in [6.45, 7) is 0.341. The molecule has 21 heavy (non-hydrogen) atoms. The van der Waals surface area contributed by atoms with Crippen LogP contribution in [0.1, 0.15) is 6.92 Å². The normalized spacial score (nSPS) is 27.9. The summed E-state index contributed by atoms with van der Waals surface area (Å²) in [5.41, 5.74) is 0. The van der Waals surface area contributed by atoms with Crippen molar-refractivity contribution in [1.29, 1.82) is 0 Å². The number of aliphatic hydroxyl groups excluding tert-OH is 4. The Morgan fingerprint density at radius 1 is 1.48 bits per heavy atom. The van der Waals surface area contributed by atoms with Gasteiger partial charge in [-0.25, -0.2) is 4.79 Å². The van der Waals surface area contributed by atoms with Gasteiger partial charge in [0, 0.05) is 6.92 Å². The largest absolute Gasteiger partial charge is 0.478 e. The molecule has 6 N–H and O–H groups in total. The first-order valence-corrected chi connectivity index (χ1v) is 5.98. The van der Waals surface area contributed by atoms with Crippen LogP contribution >= 0.6 is 0 Å². The molecule has 120 valence electrons. The molecule has 1 aliphatic heterocycles. The molecule has 0 aromatic heterocycles. The summed E-state index contributed by atoms with van der Waals surface area (Å²) in [7, 11) is 0. The van der Waals surface area contributed by atoms with Gasteiger partial charge < -0.3 is 30.5 Å². The number of amides is 1. The first kappa shape index (κ1) is 17.3. The Bertz CT molecular complexity index is 424. The van der Waals surface area contributed by atoms with Crippen molar-refractivity contribution in [2.75, 3.05) is 6.61 Å². The Morgan fingerprint density at radius 2 is 2.10 bits per heavy atom. The molecule has 10 nitrogen and oxygen atoms in total. The van der Waals surface area contributed by atoms with Crippen LogP contribution in [-0.4, -0.2) is 74.6 Å². The number of aliphatic hydroxyl groups is 4. The van der Waals surface area contributed by atoms with Gasteiger partial charge in [-0.1, -0.05) is 0 Å². The summed E-state index contributed by atoms with van der Waals surface area (Å²) >= 11 is 0. The van der Waals surface area contributed by atoms with Gasteiger partial charge in [-0.3, -0.25) is 9.68 Å². The van der Waals surface area contributed by atoms with E-state index in [9.17, 15) is 24.9 Å². The van der Waals surface area contributed by atoms with E-state index in [2.05, 4.69) is 10.2 Å². The monoisotopic (exact) mass is 307 g/mol. The SMILES string of the molecule is CC(=O)N[C@H]1[C@H]([C@H](O)[C@H](O)CO)OC(C(=O)OO)=C[C@@H]1O. The number of nitrogens with one attached hydrogen (secondary N) is 1. The van der Waals surface area contributed by atoms with Crippen molar-refractivity contribution in [2.24, 2.45) is 0 Å². The van der Waals surface area contributed by atoms with E-state index in [-0.39, 0.29) is 0 Å². The van der Waals surface area contributed by atoms with Crippen LogP contribution < -0.4 is 5.32 Å². The van der Waals surface area contributed by atoms with Crippen LogP contribution in [0.4, 0.5) is 0 Å². The van der Waals surface area contributed by atoms with E-state index in [0.29, 0.717) is 0 Å². The Morgan fingerprint density at radius 3 is 2.57 bits per heavy atom. The summed E-state index contributed by atoms with van der Waals surface area (Å²) in [4.78, 5) is 25.7. The second-order valence-corrected chi connectivity index (χ2v) is 4.45. The van der Waals surface area contributed by atoms with Crippen molar-refractivity contribution in [3.05, 3.63) is 11.8 Å². The number of carbonyl (C=O) groups is 2. The standard InChI is InChI=1S/C11H17NO9/c1-4(14)12-8-5(15)2-7(11(18)21-19)20-10(8)9(17)6(16)3-13/h2,5-6,8-10,13,15-17,19H,3H2,1H3,(H,12,14)/t5-,6+,8+,9+,10+/m0/s1. The predicted octanol–water partition coefficient (Wildman–Crippen LogP) is -3.13. The first-order chi connectivity index (χ1) is 9.81. The van der Waals surface area contributed by atoms with Crippen LogP contribution in [0, 0.1) is 0 Å². The highest BCUT2D eigenvalue weighted by atomic mass is 17.1. The van der Waals surface area contributed by atoms with E-state index in [1.807, 2.05) is 0 Å². The van der Waals surface area contributed by atoms with Crippen LogP contribution in [-0.2, 0) is 19.2 Å². The summed E-state index contributed by atoms with van der Waals surface area (Å²) < 4.78 is 5.04. The van der Waals surface area contributed by atoms with E-state index < -0.39 is 54.7 Å². The van der Waals surface area contributed by atoms with Gasteiger partial charge in [0.1, 0.15) is 18.3 Å². The third-order valence-corrected chi connectivity index (χ3v) is 2.88. The lowest BCUT2D eigenvalue weighted by Crippen LogP contribution is -2.59. The third-order valence-electron chi connectivity index (χ3n) is 2.88. The number of carbonyl (C=O) groups excluding carboxylic acids is 2. The number of hydrogen-bond donors (Lipinski definition) is 6. The molecule has 0 spiro atoms. The Hall–Kier alpha value is -1.72. The molecule has 0 aromatic rings. The summed E-state index contributed by atoms with van der Waals surface area (Å²) in [6, 6.07) is -1.19. The minimum absolute atomic E-state index is 0.556. The molecule has 1 heterocycles. The smallest absolute Gasteiger partial charge is 0.406 e. The molecule has 0 fully saturated rings. The third kappa shape index (κ3) is 4.12. The zero-order valence-corrected chi connectivity index (χ0v) is 11.0. The van der Waals surface area contributed by atoms with Gasteiger partial charge in [0.15, 0.2) is 6.10 Å². The zero-order chi connectivity index (χ0) is 16.2. The molecule has 1 amide bonds. The van der Waals surface area contributed by atoms with Crippen molar-refractivity contribution in [2.45, 2.75) is 37.4 Å². The van der Waals surface area contributed by atoms with Crippen LogP contribution in [0.2, 0.25) is 0 Å². The highest BCUT2D eigenvalue weighted by molar-refractivity contribution is 5.86. The molecule has 0 aliphatic carbocycles. The van der Waals surface area contributed by atoms with Gasteiger partial charge in [-0.2, -0.15) is 5.26 Å². The quantitative estimate of drug-likeness (QED) is 0.227. The van der Waals surface area contributed by atoms with E-state index >= 15 is 0 Å². The molecule has 0 bridgehead atoms. The molecule has 5 atom stereocenters. The minimum atomic E-state index is -1.73. The van der Waals surface area contributed by atoms with Crippen molar-refractivity contribution < 1.29 is 44.9 Å². The zero-order valence-electron chi connectivity index (χ0n) is 11.0. The van der Waals surface area contributed by atoms with Gasteiger partial charge in [-0.05, 0) is 6.08 Å². The molecule has 0 aromatic carbocycles. The molecule has 1 rings (SSSR count). The molecular weight excluding hydrogens is 290 g/mol. The highest BCUT2D eigenvalue weighted by Gasteiger charge is 2.43. The van der Waals surface area contributed by atoms with Crippen molar-refractivity contribution >= 4 is 11.9 Å². The van der Waals surface area contributed by atoms with Crippen LogP contribution in [0.3, 0.4) is 0 Å². The van der Waals surface area contributed by atoms with Crippen molar-refractivity contribution in [1.82, 2.24) is 5.32 Å². The number of rotatable bonds is 5. The molecule has 1 aliphatic rings. The van der Waals surface area contributed by atoms with Gasteiger partial charge in [-0.15, -0.1) is 0 Å². The van der Waals surface area contributed by atoms with Crippen LogP contribution in [0.15, 0.2) is 11.8 Å². The average Bonchev–Trinajstić information content (AvgIpc) is 2.46. The molecule has 0 saturated heterocycles. The van der Waals surface area contributed by atoms with E-state index in [1.165, 1.54) is 0 Å². The first-order valence-electron chi connectivity index (χ1n) is 5.98. The van der Waals surface area contributed by atoms with Gasteiger partial charge in [0.2, 0.25) is 11.7 Å². The Kier molecular flexibility index (Phi) is 6.05. The number of hydrogen-bond acceptors (Lipinski definition) is 9. The molecular formula is C11H17NO9. The Balaban J connectivity index is 3.05. The Labute approximate surface area is 119 Å². The molecule has 0 unspecified atom stereocenters. The van der Waals surface area contributed by atoms with Gasteiger partial charge in [0.05, 0.1) is 12.6 Å². The fraction of sp³-hybridized carbons (Fsp3) is 0.636. The van der Waals surface area contributed by atoms with E-state index in [4.69, 9.17) is 15.1 Å². The molecule has 10 heteroatoms. The van der Waals surface area contributed by atoms with E-state index in [0.717, 1.165) is 13.0 Å². The van der Waals surface area contributed by atoms with E-state index in [1.54, 1.807) is 0 Å². The molecule has 0 saturated carbocycles. The summed E-state index contributed by atoms with van der Waals surface area (Å²) in [5, 5.41) is 48.6. The maximum absolute atomic E-state index is 11.2. The van der Waals surface area contributed by atoms with Crippen molar-refractivity contribution in [3.63, 3.8) is 0 Å². The lowest BCUT2D eigenvalue weighted by atomic mass is 9.94. The van der Waals surface area contributed by atoms with Gasteiger partial charge in [0.25, 0.3) is 0 Å². The second kappa shape index (κ2) is 7.33. The topological polar surface area (TPSA) is 166 Å².